The first kappa shape index (κ1) is 12.4. The molecule has 0 radical (unpaired) electrons. The minimum atomic E-state index is -1.07. The number of carbonyl (C=O) groups is 2. The Morgan fingerprint density at radius 1 is 1.56 bits per heavy atom. The molecule has 16 heavy (non-hydrogen) atoms. The molecule has 1 amide bonds. The summed E-state index contributed by atoms with van der Waals surface area (Å²) in [6, 6.07) is 0. The van der Waals surface area contributed by atoms with Crippen molar-refractivity contribution in [3.63, 3.8) is 0 Å². The van der Waals surface area contributed by atoms with Crippen LogP contribution in [0.2, 0.25) is 0 Å². The predicted octanol–water partition coefficient (Wildman–Crippen LogP) is 0.731. The zero-order chi connectivity index (χ0) is 12.1. The van der Waals surface area contributed by atoms with Crippen molar-refractivity contribution in [2.75, 3.05) is 26.0 Å². The Morgan fingerprint density at radius 2 is 2.25 bits per heavy atom. The minimum Gasteiger partial charge on any atom is -0.476 e. The smallest absolute Gasteiger partial charge is 0.357 e. The topological polar surface area (TPSA) is 82.5 Å². The van der Waals surface area contributed by atoms with E-state index < -0.39 is 5.97 Å². The zero-order valence-corrected chi connectivity index (χ0v) is 9.87. The lowest BCUT2D eigenvalue weighted by Gasteiger charge is -2.10. The second kappa shape index (κ2) is 5.45. The number of hydrogen-bond donors (Lipinski definition) is 2. The van der Waals surface area contributed by atoms with E-state index in [9.17, 15) is 9.59 Å². The normalized spacial score (nSPS) is 9.88. The highest BCUT2D eigenvalue weighted by molar-refractivity contribution is 7.14. The van der Waals surface area contributed by atoms with Crippen LogP contribution in [0.1, 0.15) is 16.9 Å². The maximum atomic E-state index is 11.2. The highest BCUT2D eigenvalue weighted by atomic mass is 32.1. The summed E-state index contributed by atoms with van der Waals surface area (Å²) in [6.07, 6.45) is 0.323. The van der Waals surface area contributed by atoms with Gasteiger partial charge in [0.1, 0.15) is 5.00 Å². The quantitative estimate of drug-likeness (QED) is 0.796. The number of carboxylic acids is 1. The van der Waals surface area contributed by atoms with Gasteiger partial charge in [0.05, 0.1) is 5.51 Å². The Hall–Kier alpha value is -1.63. The first-order chi connectivity index (χ1) is 7.52. The van der Waals surface area contributed by atoms with Gasteiger partial charge in [0, 0.05) is 27.1 Å². The summed E-state index contributed by atoms with van der Waals surface area (Å²) < 4.78 is 0. The third-order valence-corrected chi connectivity index (χ3v) is 2.68. The van der Waals surface area contributed by atoms with Crippen LogP contribution in [0, 0.1) is 0 Å². The minimum absolute atomic E-state index is 0.00213. The molecule has 0 aromatic carbocycles. The summed E-state index contributed by atoms with van der Waals surface area (Å²) in [5.41, 5.74) is 1.46. The van der Waals surface area contributed by atoms with Crippen molar-refractivity contribution in [2.45, 2.75) is 6.42 Å². The molecular weight excluding hydrogens is 230 g/mol. The molecule has 88 valence electrons. The highest BCUT2D eigenvalue weighted by Crippen LogP contribution is 2.19. The number of carboxylic acid groups (broad SMARTS) is 1. The van der Waals surface area contributed by atoms with Crippen molar-refractivity contribution < 1.29 is 14.7 Å². The van der Waals surface area contributed by atoms with Gasteiger partial charge in [-0.3, -0.25) is 4.79 Å². The molecule has 0 spiro atoms. The Balaban J connectivity index is 2.46. The summed E-state index contributed by atoms with van der Waals surface area (Å²) in [4.78, 5) is 27.2. The zero-order valence-electron chi connectivity index (χ0n) is 9.06. The van der Waals surface area contributed by atoms with E-state index in [0.29, 0.717) is 18.0 Å². The van der Waals surface area contributed by atoms with Gasteiger partial charge in [0.2, 0.25) is 5.91 Å². The van der Waals surface area contributed by atoms with E-state index in [1.807, 2.05) is 0 Å². The molecule has 1 aromatic rings. The summed E-state index contributed by atoms with van der Waals surface area (Å²) in [5.74, 6) is -1.07. The fourth-order valence-corrected chi connectivity index (χ4v) is 1.73. The molecule has 1 aromatic heterocycles. The van der Waals surface area contributed by atoms with Crippen molar-refractivity contribution in [1.29, 1.82) is 0 Å². The molecule has 0 aliphatic carbocycles. The summed E-state index contributed by atoms with van der Waals surface area (Å²) in [7, 11) is 3.36. The van der Waals surface area contributed by atoms with E-state index in [-0.39, 0.29) is 11.6 Å². The van der Waals surface area contributed by atoms with Crippen LogP contribution in [0.25, 0.3) is 0 Å². The highest BCUT2D eigenvalue weighted by Gasteiger charge is 2.13. The van der Waals surface area contributed by atoms with Gasteiger partial charge in [-0.25, -0.2) is 9.78 Å². The second-order valence-corrected chi connectivity index (χ2v) is 4.15. The van der Waals surface area contributed by atoms with Gasteiger partial charge in [0.25, 0.3) is 0 Å². The molecule has 1 rings (SSSR count). The number of rotatable bonds is 5. The summed E-state index contributed by atoms with van der Waals surface area (Å²) >= 11 is 1.21. The van der Waals surface area contributed by atoms with Gasteiger partial charge in [0.15, 0.2) is 5.69 Å². The van der Waals surface area contributed by atoms with Crippen LogP contribution < -0.4 is 5.32 Å². The van der Waals surface area contributed by atoms with Crippen LogP contribution in [0.5, 0.6) is 0 Å². The Bertz CT molecular complexity index is 389. The van der Waals surface area contributed by atoms with Crippen molar-refractivity contribution in [1.82, 2.24) is 9.88 Å². The molecule has 0 aliphatic heterocycles. The van der Waals surface area contributed by atoms with Crippen LogP contribution in [-0.2, 0) is 4.79 Å². The summed E-state index contributed by atoms with van der Waals surface area (Å²) in [6.45, 7) is 0.402. The third kappa shape index (κ3) is 3.20. The van der Waals surface area contributed by atoms with Crippen molar-refractivity contribution in [2.24, 2.45) is 0 Å². The number of anilines is 1. The molecular formula is C9H13N3O3S. The van der Waals surface area contributed by atoms with Crippen molar-refractivity contribution in [3.05, 3.63) is 11.2 Å². The van der Waals surface area contributed by atoms with Crippen LogP contribution in [0.3, 0.4) is 0 Å². The number of aromatic nitrogens is 1. The number of carbonyl (C=O) groups excluding carboxylic acids is 1. The molecule has 7 heteroatoms. The van der Waals surface area contributed by atoms with Crippen molar-refractivity contribution in [3.8, 4) is 0 Å². The first-order valence-electron chi connectivity index (χ1n) is 4.63. The number of amides is 1. The Labute approximate surface area is 96.9 Å². The van der Waals surface area contributed by atoms with Gasteiger partial charge in [-0.2, -0.15) is 0 Å². The van der Waals surface area contributed by atoms with E-state index in [4.69, 9.17) is 5.11 Å². The van der Waals surface area contributed by atoms with E-state index in [2.05, 4.69) is 10.3 Å². The number of aromatic carboxylic acids is 1. The molecule has 1 heterocycles. The van der Waals surface area contributed by atoms with E-state index in [0.717, 1.165) is 0 Å². The molecule has 0 unspecified atom stereocenters. The number of thiazole rings is 1. The number of nitrogens with one attached hydrogen (secondary N) is 1. The molecule has 0 bridgehead atoms. The Kier molecular flexibility index (Phi) is 4.24. The fourth-order valence-electron chi connectivity index (χ4n) is 1.03. The number of nitrogens with zero attached hydrogens (tertiary/aromatic N) is 2. The maximum absolute atomic E-state index is 11.2. The largest absolute Gasteiger partial charge is 0.476 e. The van der Waals surface area contributed by atoms with Gasteiger partial charge in [-0.1, -0.05) is 0 Å². The third-order valence-electron chi connectivity index (χ3n) is 1.89. The van der Waals surface area contributed by atoms with Gasteiger partial charge in [-0.15, -0.1) is 11.3 Å². The molecule has 0 saturated carbocycles. The van der Waals surface area contributed by atoms with Crippen LogP contribution in [0.15, 0.2) is 5.51 Å². The molecule has 6 nitrogen and oxygen atoms in total. The Morgan fingerprint density at radius 3 is 2.81 bits per heavy atom. The van der Waals surface area contributed by atoms with Crippen LogP contribution in [-0.4, -0.2) is 47.5 Å². The maximum Gasteiger partial charge on any atom is 0.357 e. The first-order valence-corrected chi connectivity index (χ1v) is 5.51. The summed E-state index contributed by atoms with van der Waals surface area (Å²) in [5, 5.41) is 12.2. The predicted molar refractivity (Wildman–Crippen MR) is 60.9 cm³/mol. The van der Waals surface area contributed by atoms with E-state index in [1.54, 1.807) is 14.1 Å². The van der Waals surface area contributed by atoms with Gasteiger partial charge < -0.3 is 15.3 Å². The lowest BCUT2D eigenvalue weighted by molar-refractivity contribution is -0.128. The lowest BCUT2D eigenvalue weighted by atomic mass is 10.3. The van der Waals surface area contributed by atoms with E-state index in [1.165, 1.54) is 21.7 Å². The van der Waals surface area contributed by atoms with Crippen LogP contribution >= 0.6 is 11.3 Å². The second-order valence-electron chi connectivity index (χ2n) is 3.30. The van der Waals surface area contributed by atoms with Crippen LogP contribution in [0.4, 0.5) is 5.00 Å². The number of hydrogen-bond acceptors (Lipinski definition) is 5. The standard InChI is InChI=1S/C9H13N3O3S/c1-12(2)6(13)3-4-10-8-7(9(14)15)11-5-16-8/h5,10H,3-4H2,1-2H3,(H,14,15). The molecule has 0 aliphatic rings. The van der Waals surface area contributed by atoms with Crippen molar-refractivity contribution >= 4 is 28.2 Å². The lowest BCUT2D eigenvalue weighted by Crippen LogP contribution is -2.24. The molecule has 2 N–H and O–H groups in total. The average Bonchev–Trinajstić information content (AvgIpc) is 2.65. The van der Waals surface area contributed by atoms with E-state index >= 15 is 0 Å². The van der Waals surface area contributed by atoms with Gasteiger partial charge in [-0.05, 0) is 0 Å². The fraction of sp³-hybridized carbons (Fsp3) is 0.444. The molecule has 0 atom stereocenters. The average molecular weight is 243 g/mol. The van der Waals surface area contributed by atoms with Gasteiger partial charge >= 0.3 is 5.97 Å². The molecule has 0 fully saturated rings. The monoisotopic (exact) mass is 243 g/mol. The molecule has 0 saturated heterocycles. The SMILES string of the molecule is CN(C)C(=O)CCNc1scnc1C(=O)O.